The summed E-state index contributed by atoms with van der Waals surface area (Å²) in [7, 11) is 3.16. The lowest BCUT2D eigenvalue weighted by Crippen LogP contribution is -2.14. The summed E-state index contributed by atoms with van der Waals surface area (Å²) in [5.41, 5.74) is 2.67. The summed E-state index contributed by atoms with van der Waals surface area (Å²) in [6, 6.07) is 17.1. The molecule has 0 fully saturated rings. The van der Waals surface area contributed by atoms with Crippen molar-refractivity contribution in [1.82, 2.24) is 4.57 Å². The maximum atomic E-state index is 12.3. The van der Waals surface area contributed by atoms with E-state index in [9.17, 15) is 4.79 Å². The van der Waals surface area contributed by atoms with Gasteiger partial charge in [0.2, 0.25) is 5.91 Å². The van der Waals surface area contributed by atoms with E-state index >= 15 is 0 Å². The van der Waals surface area contributed by atoms with Crippen molar-refractivity contribution in [3.8, 4) is 17.2 Å². The monoisotopic (exact) mass is 336 g/mol. The number of ether oxygens (including phenoxy) is 2. The molecular weight excluding hydrogens is 316 g/mol. The number of carbonyl (C=O) groups excluding carboxylic acids is 1. The summed E-state index contributed by atoms with van der Waals surface area (Å²) in [5, 5.41) is 2.91. The molecule has 0 spiro atoms. The maximum absolute atomic E-state index is 12.3. The Hall–Kier alpha value is -3.21. The fourth-order valence-corrected chi connectivity index (χ4v) is 2.60. The first-order valence-electron chi connectivity index (χ1n) is 7.94. The number of aromatic nitrogens is 1. The van der Waals surface area contributed by atoms with Gasteiger partial charge in [0.25, 0.3) is 0 Å². The second kappa shape index (κ2) is 7.57. The summed E-state index contributed by atoms with van der Waals surface area (Å²) < 4.78 is 12.5. The average Bonchev–Trinajstić information content (AvgIpc) is 3.17. The highest BCUT2D eigenvalue weighted by Gasteiger charge is 2.09. The minimum atomic E-state index is -0.0825. The topological polar surface area (TPSA) is 52.5 Å². The SMILES string of the molecule is COc1ccc(CC(=O)Nc2ccc(-n3cccc3)cc2)cc1OC. The molecule has 0 aliphatic heterocycles. The Balaban J connectivity index is 1.64. The van der Waals surface area contributed by atoms with Crippen molar-refractivity contribution in [2.45, 2.75) is 6.42 Å². The molecule has 5 heteroatoms. The summed E-state index contributed by atoms with van der Waals surface area (Å²) in [5.74, 6) is 1.18. The van der Waals surface area contributed by atoms with Crippen LogP contribution < -0.4 is 14.8 Å². The van der Waals surface area contributed by atoms with Gasteiger partial charge < -0.3 is 19.4 Å². The molecule has 1 amide bonds. The van der Waals surface area contributed by atoms with Gasteiger partial charge in [-0.05, 0) is 54.1 Å². The summed E-state index contributed by atoms with van der Waals surface area (Å²) in [6.45, 7) is 0. The third kappa shape index (κ3) is 4.01. The number of amides is 1. The number of anilines is 1. The zero-order valence-electron chi connectivity index (χ0n) is 14.2. The number of nitrogens with one attached hydrogen (secondary N) is 1. The van der Waals surface area contributed by atoms with Crippen molar-refractivity contribution >= 4 is 11.6 Å². The van der Waals surface area contributed by atoms with Crippen LogP contribution in [0.3, 0.4) is 0 Å². The number of nitrogens with zero attached hydrogens (tertiary/aromatic N) is 1. The van der Waals surface area contributed by atoms with Crippen LogP contribution >= 0.6 is 0 Å². The summed E-state index contributed by atoms with van der Waals surface area (Å²) in [4.78, 5) is 12.3. The molecule has 3 aromatic rings. The van der Waals surface area contributed by atoms with E-state index in [-0.39, 0.29) is 12.3 Å². The molecule has 25 heavy (non-hydrogen) atoms. The van der Waals surface area contributed by atoms with E-state index in [4.69, 9.17) is 9.47 Å². The molecule has 0 saturated heterocycles. The number of benzene rings is 2. The fraction of sp³-hybridized carbons (Fsp3) is 0.150. The quantitative estimate of drug-likeness (QED) is 0.747. The number of carbonyl (C=O) groups is 1. The van der Waals surface area contributed by atoms with Gasteiger partial charge in [0.1, 0.15) is 0 Å². The number of hydrogen-bond donors (Lipinski definition) is 1. The van der Waals surface area contributed by atoms with Gasteiger partial charge in [-0.3, -0.25) is 4.79 Å². The second-order valence-corrected chi connectivity index (χ2v) is 5.55. The van der Waals surface area contributed by atoms with Gasteiger partial charge in [-0.15, -0.1) is 0 Å². The van der Waals surface area contributed by atoms with Crippen LogP contribution in [0.2, 0.25) is 0 Å². The van der Waals surface area contributed by atoms with Gasteiger partial charge in [0, 0.05) is 23.8 Å². The lowest BCUT2D eigenvalue weighted by molar-refractivity contribution is -0.115. The predicted octanol–water partition coefficient (Wildman–Crippen LogP) is 3.68. The first-order chi connectivity index (χ1) is 12.2. The number of rotatable bonds is 6. The molecule has 0 aliphatic rings. The van der Waals surface area contributed by atoms with Gasteiger partial charge in [-0.1, -0.05) is 6.07 Å². The average molecular weight is 336 g/mol. The third-order valence-corrected chi connectivity index (χ3v) is 3.87. The molecule has 128 valence electrons. The van der Waals surface area contributed by atoms with E-state index in [0.29, 0.717) is 11.5 Å². The Labute approximate surface area is 146 Å². The van der Waals surface area contributed by atoms with Crippen LogP contribution in [0, 0.1) is 0 Å². The molecule has 0 saturated carbocycles. The van der Waals surface area contributed by atoms with Gasteiger partial charge in [0.05, 0.1) is 20.6 Å². The molecule has 0 atom stereocenters. The van der Waals surface area contributed by atoms with Crippen LogP contribution in [0.15, 0.2) is 67.0 Å². The highest BCUT2D eigenvalue weighted by atomic mass is 16.5. The summed E-state index contributed by atoms with van der Waals surface area (Å²) in [6.07, 6.45) is 4.22. The Morgan fingerprint density at radius 1 is 0.960 bits per heavy atom. The second-order valence-electron chi connectivity index (χ2n) is 5.55. The standard InChI is InChI=1S/C20H20N2O3/c1-24-18-10-5-15(13-19(18)25-2)14-20(23)21-16-6-8-17(9-7-16)22-11-3-4-12-22/h3-13H,14H2,1-2H3,(H,21,23). The van der Waals surface area contributed by atoms with Crippen molar-refractivity contribution < 1.29 is 14.3 Å². The Kier molecular flexibility index (Phi) is 5.04. The fourth-order valence-electron chi connectivity index (χ4n) is 2.60. The Morgan fingerprint density at radius 2 is 1.64 bits per heavy atom. The van der Waals surface area contributed by atoms with Gasteiger partial charge in [-0.25, -0.2) is 0 Å². The van der Waals surface area contributed by atoms with Crippen molar-refractivity contribution in [2.24, 2.45) is 0 Å². The number of methoxy groups -OCH3 is 2. The van der Waals surface area contributed by atoms with Crippen LogP contribution in [0.25, 0.3) is 5.69 Å². The first kappa shape index (κ1) is 16.6. The van der Waals surface area contributed by atoms with Crippen molar-refractivity contribution in [2.75, 3.05) is 19.5 Å². The highest BCUT2D eigenvalue weighted by Crippen LogP contribution is 2.27. The van der Waals surface area contributed by atoms with E-state index in [1.54, 1.807) is 20.3 Å². The van der Waals surface area contributed by atoms with E-state index in [1.807, 2.05) is 65.5 Å². The lowest BCUT2D eigenvalue weighted by atomic mass is 10.1. The molecule has 1 aromatic heterocycles. The van der Waals surface area contributed by atoms with Crippen molar-refractivity contribution in [1.29, 1.82) is 0 Å². The Bertz CT molecular complexity index is 840. The van der Waals surface area contributed by atoms with E-state index < -0.39 is 0 Å². The van der Waals surface area contributed by atoms with E-state index in [1.165, 1.54) is 0 Å². The van der Waals surface area contributed by atoms with Crippen LogP contribution in [-0.2, 0) is 11.2 Å². The first-order valence-corrected chi connectivity index (χ1v) is 7.94. The largest absolute Gasteiger partial charge is 0.493 e. The number of hydrogen-bond acceptors (Lipinski definition) is 3. The Morgan fingerprint density at radius 3 is 2.28 bits per heavy atom. The van der Waals surface area contributed by atoms with Gasteiger partial charge >= 0.3 is 0 Å². The predicted molar refractivity (Wildman–Crippen MR) is 97.6 cm³/mol. The molecule has 0 bridgehead atoms. The molecule has 1 N–H and O–H groups in total. The normalized spacial score (nSPS) is 10.3. The van der Waals surface area contributed by atoms with Crippen LogP contribution in [0.5, 0.6) is 11.5 Å². The zero-order valence-corrected chi connectivity index (χ0v) is 14.2. The molecule has 2 aromatic carbocycles. The van der Waals surface area contributed by atoms with Crippen molar-refractivity contribution in [3.05, 3.63) is 72.6 Å². The minimum absolute atomic E-state index is 0.0825. The molecule has 1 heterocycles. The molecule has 0 aliphatic carbocycles. The van der Waals surface area contributed by atoms with Crippen LogP contribution in [0.4, 0.5) is 5.69 Å². The third-order valence-electron chi connectivity index (χ3n) is 3.87. The van der Waals surface area contributed by atoms with Gasteiger partial charge in [-0.2, -0.15) is 0 Å². The van der Waals surface area contributed by atoms with E-state index in [0.717, 1.165) is 16.9 Å². The smallest absolute Gasteiger partial charge is 0.228 e. The molecule has 0 unspecified atom stereocenters. The van der Waals surface area contributed by atoms with E-state index in [2.05, 4.69) is 5.32 Å². The van der Waals surface area contributed by atoms with Crippen LogP contribution in [-0.4, -0.2) is 24.7 Å². The van der Waals surface area contributed by atoms with Gasteiger partial charge in [0.15, 0.2) is 11.5 Å². The summed E-state index contributed by atoms with van der Waals surface area (Å²) >= 11 is 0. The lowest BCUT2D eigenvalue weighted by Gasteiger charge is -2.10. The van der Waals surface area contributed by atoms with Crippen molar-refractivity contribution in [3.63, 3.8) is 0 Å². The minimum Gasteiger partial charge on any atom is -0.493 e. The molecule has 0 radical (unpaired) electrons. The molecular formula is C20H20N2O3. The zero-order chi connectivity index (χ0) is 17.6. The molecule has 5 nitrogen and oxygen atoms in total. The highest BCUT2D eigenvalue weighted by molar-refractivity contribution is 5.92. The van der Waals surface area contributed by atoms with Crippen LogP contribution in [0.1, 0.15) is 5.56 Å². The maximum Gasteiger partial charge on any atom is 0.228 e. The molecule has 3 rings (SSSR count).